The average molecular weight is 207 g/mol. The van der Waals surface area contributed by atoms with Gasteiger partial charge in [0.15, 0.2) is 0 Å². The maximum absolute atomic E-state index is 10.9. The van der Waals surface area contributed by atoms with Gasteiger partial charge in [0.05, 0.1) is 0 Å². The number of hydrogen-bond donors (Lipinski definition) is 2. The largest absolute Gasteiger partial charge is 0.508 e. The average Bonchev–Trinajstić information content (AvgIpc) is 2.05. The number of nitrogens with one attached hydrogen (secondary N) is 1. The van der Waals surface area contributed by atoms with Gasteiger partial charge in [0.25, 0.3) is 0 Å². The number of carbonyl (C=O) groups is 1. The second-order valence-corrected chi connectivity index (χ2v) is 4.66. The molecule has 3 nitrogen and oxygen atoms in total. The van der Waals surface area contributed by atoms with Gasteiger partial charge in [0.1, 0.15) is 5.75 Å². The van der Waals surface area contributed by atoms with E-state index in [1.807, 2.05) is 20.8 Å². The molecule has 15 heavy (non-hydrogen) atoms. The minimum absolute atomic E-state index is 0.111. The lowest BCUT2D eigenvalue weighted by Crippen LogP contribution is -2.13. The molecule has 2 N–H and O–H groups in total. The monoisotopic (exact) mass is 207 g/mol. The maximum Gasteiger partial charge on any atom is 0.221 e. The first-order valence-electron chi connectivity index (χ1n) is 4.92. The standard InChI is InChI=1S/C12H17NO2/c1-8(14)13-9-5-6-11(15)10(7-9)12(2,3)4/h5-7,15H,1-4H3,(H,13,14). The lowest BCUT2D eigenvalue weighted by atomic mass is 9.86. The molecule has 0 fully saturated rings. The van der Waals surface area contributed by atoms with Gasteiger partial charge in [-0.1, -0.05) is 20.8 Å². The second kappa shape index (κ2) is 3.93. The highest BCUT2D eigenvalue weighted by atomic mass is 16.3. The van der Waals surface area contributed by atoms with E-state index in [0.29, 0.717) is 5.69 Å². The molecular formula is C12H17NO2. The van der Waals surface area contributed by atoms with Gasteiger partial charge in [-0.05, 0) is 23.6 Å². The van der Waals surface area contributed by atoms with Crippen LogP contribution in [0.5, 0.6) is 5.75 Å². The Labute approximate surface area is 90.1 Å². The van der Waals surface area contributed by atoms with E-state index in [1.165, 1.54) is 6.92 Å². The predicted molar refractivity (Wildman–Crippen MR) is 61.1 cm³/mol. The number of hydrogen-bond acceptors (Lipinski definition) is 2. The molecule has 0 aliphatic rings. The van der Waals surface area contributed by atoms with Gasteiger partial charge in [0.2, 0.25) is 5.91 Å². The Bertz CT molecular complexity index is 378. The smallest absolute Gasteiger partial charge is 0.221 e. The molecule has 0 heterocycles. The van der Waals surface area contributed by atoms with Gasteiger partial charge in [-0.15, -0.1) is 0 Å². The van der Waals surface area contributed by atoms with Crippen LogP contribution in [0.4, 0.5) is 5.69 Å². The van der Waals surface area contributed by atoms with Crippen LogP contribution in [0.15, 0.2) is 18.2 Å². The summed E-state index contributed by atoms with van der Waals surface area (Å²) in [5, 5.41) is 12.4. The van der Waals surface area contributed by atoms with Crippen LogP contribution >= 0.6 is 0 Å². The van der Waals surface area contributed by atoms with Gasteiger partial charge in [-0.3, -0.25) is 4.79 Å². The van der Waals surface area contributed by atoms with Crippen LogP contribution in [-0.2, 0) is 10.2 Å². The minimum atomic E-state index is -0.140. The summed E-state index contributed by atoms with van der Waals surface area (Å²) < 4.78 is 0. The molecule has 0 aliphatic heterocycles. The Kier molecular flexibility index (Phi) is 3.03. The SMILES string of the molecule is CC(=O)Nc1ccc(O)c(C(C)(C)C)c1. The number of phenols is 1. The van der Waals surface area contributed by atoms with Gasteiger partial charge in [-0.25, -0.2) is 0 Å². The first-order valence-corrected chi connectivity index (χ1v) is 4.92. The molecule has 0 spiro atoms. The molecule has 0 aromatic heterocycles. The molecule has 0 saturated carbocycles. The highest BCUT2D eigenvalue weighted by Gasteiger charge is 2.18. The summed E-state index contributed by atoms with van der Waals surface area (Å²) in [6.45, 7) is 7.50. The number of anilines is 1. The Morgan fingerprint density at radius 1 is 1.33 bits per heavy atom. The summed E-state index contributed by atoms with van der Waals surface area (Å²) in [4.78, 5) is 10.9. The molecule has 1 rings (SSSR count). The van der Waals surface area contributed by atoms with E-state index in [0.717, 1.165) is 5.56 Å². The number of phenolic OH excluding ortho intramolecular Hbond substituents is 1. The third-order valence-corrected chi connectivity index (χ3v) is 2.12. The molecule has 0 unspecified atom stereocenters. The van der Waals surface area contributed by atoms with E-state index in [4.69, 9.17) is 0 Å². The van der Waals surface area contributed by atoms with Gasteiger partial charge in [0, 0.05) is 18.2 Å². The van der Waals surface area contributed by atoms with Crippen molar-refractivity contribution < 1.29 is 9.90 Å². The fraction of sp³-hybridized carbons (Fsp3) is 0.417. The molecule has 1 aromatic carbocycles. The Morgan fingerprint density at radius 3 is 2.40 bits per heavy atom. The number of rotatable bonds is 1. The third-order valence-electron chi connectivity index (χ3n) is 2.12. The van der Waals surface area contributed by atoms with Crippen LogP contribution in [0.1, 0.15) is 33.3 Å². The van der Waals surface area contributed by atoms with Crippen molar-refractivity contribution in [2.24, 2.45) is 0 Å². The number of carbonyl (C=O) groups excluding carboxylic acids is 1. The highest BCUT2D eigenvalue weighted by Crippen LogP contribution is 2.32. The number of aromatic hydroxyl groups is 1. The lowest BCUT2D eigenvalue weighted by molar-refractivity contribution is -0.114. The van der Waals surface area contributed by atoms with Crippen molar-refractivity contribution in [1.29, 1.82) is 0 Å². The maximum atomic E-state index is 10.9. The van der Waals surface area contributed by atoms with Crippen LogP contribution in [0, 0.1) is 0 Å². The molecule has 82 valence electrons. The van der Waals surface area contributed by atoms with Crippen molar-refractivity contribution in [3.8, 4) is 5.75 Å². The van der Waals surface area contributed by atoms with E-state index in [9.17, 15) is 9.90 Å². The minimum Gasteiger partial charge on any atom is -0.508 e. The first kappa shape index (κ1) is 11.6. The van der Waals surface area contributed by atoms with Gasteiger partial charge >= 0.3 is 0 Å². The molecule has 0 saturated heterocycles. The Morgan fingerprint density at radius 2 is 1.93 bits per heavy atom. The quantitative estimate of drug-likeness (QED) is 0.695. The van der Waals surface area contributed by atoms with Crippen molar-refractivity contribution >= 4 is 11.6 Å². The molecule has 1 amide bonds. The number of benzene rings is 1. The summed E-state index contributed by atoms with van der Waals surface area (Å²) >= 11 is 0. The highest BCUT2D eigenvalue weighted by molar-refractivity contribution is 5.88. The van der Waals surface area contributed by atoms with Gasteiger partial charge < -0.3 is 10.4 Å². The van der Waals surface area contributed by atoms with Gasteiger partial charge in [-0.2, -0.15) is 0 Å². The summed E-state index contributed by atoms with van der Waals surface area (Å²) in [5.41, 5.74) is 1.40. The third kappa shape index (κ3) is 2.98. The Balaban J connectivity index is 3.11. The van der Waals surface area contributed by atoms with Crippen molar-refractivity contribution in [2.75, 3.05) is 5.32 Å². The summed E-state index contributed by atoms with van der Waals surface area (Å²) in [7, 11) is 0. The summed E-state index contributed by atoms with van der Waals surface area (Å²) in [5.74, 6) is 0.150. The van der Waals surface area contributed by atoms with Crippen LogP contribution in [0.2, 0.25) is 0 Å². The fourth-order valence-corrected chi connectivity index (χ4v) is 1.42. The van der Waals surface area contributed by atoms with E-state index >= 15 is 0 Å². The zero-order chi connectivity index (χ0) is 11.6. The van der Waals surface area contributed by atoms with E-state index in [-0.39, 0.29) is 17.1 Å². The van der Waals surface area contributed by atoms with E-state index in [2.05, 4.69) is 5.32 Å². The van der Waals surface area contributed by atoms with Crippen LogP contribution in [-0.4, -0.2) is 11.0 Å². The zero-order valence-corrected chi connectivity index (χ0v) is 9.59. The van der Waals surface area contributed by atoms with Crippen LogP contribution < -0.4 is 5.32 Å². The molecule has 0 aliphatic carbocycles. The fourth-order valence-electron chi connectivity index (χ4n) is 1.42. The first-order chi connectivity index (χ1) is 6.80. The predicted octanol–water partition coefficient (Wildman–Crippen LogP) is 2.65. The summed E-state index contributed by atoms with van der Waals surface area (Å²) in [6, 6.07) is 5.09. The van der Waals surface area contributed by atoms with Crippen molar-refractivity contribution in [3.63, 3.8) is 0 Å². The lowest BCUT2D eigenvalue weighted by Gasteiger charge is -2.21. The molecule has 0 radical (unpaired) electrons. The topological polar surface area (TPSA) is 49.3 Å². The Hall–Kier alpha value is -1.51. The van der Waals surface area contributed by atoms with Crippen molar-refractivity contribution in [3.05, 3.63) is 23.8 Å². The summed E-state index contributed by atoms with van der Waals surface area (Å²) in [6.07, 6.45) is 0. The molecule has 0 atom stereocenters. The van der Waals surface area contributed by atoms with Crippen LogP contribution in [0.3, 0.4) is 0 Å². The zero-order valence-electron chi connectivity index (χ0n) is 9.59. The number of amides is 1. The molecule has 3 heteroatoms. The second-order valence-electron chi connectivity index (χ2n) is 4.66. The van der Waals surface area contributed by atoms with Crippen LogP contribution in [0.25, 0.3) is 0 Å². The molecule has 1 aromatic rings. The van der Waals surface area contributed by atoms with E-state index in [1.54, 1.807) is 18.2 Å². The van der Waals surface area contributed by atoms with E-state index < -0.39 is 0 Å². The van der Waals surface area contributed by atoms with Crippen molar-refractivity contribution in [1.82, 2.24) is 0 Å². The molecular weight excluding hydrogens is 190 g/mol. The molecule has 0 bridgehead atoms. The normalized spacial score (nSPS) is 11.2. The van der Waals surface area contributed by atoms with Crippen molar-refractivity contribution in [2.45, 2.75) is 33.1 Å².